The Balaban J connectivity index is 1.62. The summed E-state index contributed by atoms with van der Waals surface area (Å²) >= 11 is 2.58. The molecule has 0 bridgehead atoms. The first kappa shape index (κ1) is 20.7. The number of aryl methyl sites for hydroxylation is 2. The van der Waals surface area contributed by atoms with E-state index in [2.05, 4.69) is 27.8 Å². The highest BCUT2D eigenvalue weighted by atomic mass is 32.2. The van der Waals surface area contributed by atoms with Crippen LogP contribution in [0.4, 0.5) is 22.2 Å². The van der Waals surface area contributed by atoms with E-state index in [1.54, 1.807) is 19.1 Å². The van der Waals surface area contributed by atoms with Gasteiger partial charge in [0.25, 0.3) is 5.69 Å². The van der Waals surface area contributed by atoms with Crippen molar-refractivity contribution in [1.29, 1.82) is 0 Å². The topological polar surface area (TPSA) is 110 Å². The summed E-state index contributed by atoms with van der Waals surface area (Å²) in [5, 5.41) is 25.2. The third kappa shape index (κ3) is 5.30. The predicted octanol–water partition coefficient (Wildman–Crippen LogP) is 4.93. The number of aromatic nitrogens is 2. The van der Waals surface area contributed by atoms with Crippen LogP contribution in [0.25, 0.3) is 0 Å². The lowest BCUT2D eigenvalue weighted by Gasteiger charge is -2.10. The van der Waals surface area contributed by atoms with Gasteiger partial charge < -0.3 is 10.6 Å². The van der Waals surface area contributed by atoms with E-state index in [4.69, 9.17) is 0 Å². The first-order chi connectivity index (χ1) is 13.8. The number of thioether (sulfide) groups is 1. The van der Waals surface area contributed by atoms with E-state index in [9.17, 15) is 14.9 Å². The number of hydrogen-bond donors (Lipinski definition) is 2. The molecule has 1 heterocycles. The quantitative estimate of drug-likeness (QED) is 0.311. The number of nitro groups is 1. The second-order valence-electron chi connectivity index (χ2n) is 6.32. The van der Waals surface area contributed by atoms with E-state index in [-0.39, 0.29) is 17.3 Å². The number of carbonyl (C=O) groups excluding carboxylic acids is 1. The summed E-state index contributed by atoms with van der Waals surface area (Å²) in [5.41, 5.74) is 3.33. The normalized spacial score (nSPS) is 11.7. The molecule has 1 atom stereocenters. The van der Waals surface area contributed by atoms with E-state index < -0.39 is 10.2 Å². The van der Waals surface area contributed by atoms with Crippen LogP contribution in [0.5, 0.6) is 0 Å². The van der Waals surface area contributed by atoms with Crippen molar-refractivity contribution < 1.29 is 9.72 Å². The number of benzene rings is 2. The fourth-order valence-corrected chi connectivity index (χ4v) is 4.34. The molecule has 0 aliphatic rings. The van der Waals surface area contributed by atoms with Crippen molar-refractivity contribution in [2.45, 2.75) is 30.4 Å². The molecule has 10 heteroatoms. The lowest BCUT2D eigenvalue weighted by molar-refractivity contribution is -0.383. The zero-order valence-corrected chi connectivity index (χ0v) is 17.6. The molecule has 2 N–H and O–H groups in total. The molecular formula is C19H19N5O3S2. The van der Waals surface area contributed by atoms with E-state index in [1.165, 1.54) is 46.4 Å². The summed E-state index contributed by atoms with van der Waals surface area (Å²) in [7, 11) is 0. The van der Waals surface area contributed by atoms with Gasteiger partial charge in [-0.1, -0.05) is 41.3 Å². The largest absolute Gasteiger partial charge is 0.330 e. The van der Waals surface area contributed by atoms with E-state index in [1.807, 2.05) is 25.1 Å². The third-order valence-electron chi connectivity index (χ3n) is 4.17. The number of nitrogens with zero attached hydrogens (tertiary/aromatic N) is 3. The summed E-state index contributed by atoms with van der Waals surface area (Å²) in [5.74, 6) is -0.344. The Morgan fingerprint density at radius 2 is 1.93 bits per heavy atom. The maximum atomic E-state index is 12.4. The molecule has 150 valence electrons. The fourth-order valence-electron chi connectivity index (χ4n) is 2.43. The Labute approximate surface area is 175 Å². The van der Waals surface area contributed by atoms with Crippen LogP contribution >= 0.6 is 23.1 Å². The second kappa shape index (κ2) is 9.01. The highest BCUT2D eigenvalue weighted by Gasteiger charge is 2.21. The average molecular weight is 430 g/mol. The van der Waals surface area contributed by atoms with Gasteiger partial charge in [-0.3, -0.25) is 14.9 Å². The van der Waals surface area contributed by atoms with Crippen molar-refractivity contribution >= 4 is 51.2 Å². The molecule has 3 aromatic rings. The summed E-state index contributed by atoms with van der Waals surface area (Å²) in [4.78, 5) is 23.0. The molecule has 29 heavy (non-hydrogen) atoms. The molecule has 0 radical (unpaired) electrons. The number of carbonyl (C=O) groups is 1. The zero-order chi connectivity index (χ0) is 21.0. The highest BCUT2D eigenvalue weighted by molar-refractivity contribution is 8.02. The minimum Gasteiger partial charge on any atom is -0.330 e. The summed E-state index contributed by atoms with van der Waals surface area (Å²) < 4.78 is 0.626. The van der Waals surface area contributed by atoms with Crippen molar-refractivity contribution in [3.63, 3.8) is 0 Å². The van der Waals surface area contributed by atoms with Crippen molar-refractivity contribution in [1.82, 2.24) is 10.2 Å². The van der Waals surface area contributed by atoms with Crippen LogP contribution in [0.2, 0.25) is 0 Å². The molecule has 0 saturated carbocycles. The number of anilines is 3. The van der Waals surface area contributed by atoms with Crippen LogP contribution in [0.3, 0.4) is 0 Å². The second-order valence-corrected chi connectivity index (χ2v) is 8.89. The maximum Gasteiger partial charge on any atom is 0.292 e. The SMILES string of the molecule is Cc1ccc(Nc2nnc(SC(C)C(=O)Nc3ccccc3[N+](=O)[O-])s2)cc1C. The molecule has 8 nitrogen and oxygen atoms in total. The Bertz CT molecular complexity index is 1050. The number of rotatable bonds is 7. The van der Waals surface area contributed by atoms with Gasteiger partial charge in [-0.15, -0.1) is 10.2 Å². The monoisotopic (exact) mass is 429 g/mol. The molecule has 1 amide bonds. The zero-order valence-electron chi connectivity index (χ0n) is 16.0. The molecule has 1 unspecified atom stereocenters. The summed E-state index contributed by atoms with van der Waals surface area (Å²) in [6, 6.07) is 12.1. The van der Waals surface area contributed by atoms with Gasteiger partial charge in [0.2, 0.25) is 11.0 Å². The van der Waals surface area contributed by atoms with Crippen LogP contribution in [0, 0.1) is 24.0 Å². The van der Waals surface area contributed by atoms with Crippen LogP contribution in [0.15, 0.2) is 46.8 Å². The minimum atomic E-state index is -0.525. The highest BCUT2D eigenvalue weighted by Crippen LogP contribution is 2.32. The molecular weight excluding hydrogens is 410 g/mol. The van der Waals surface area contributed by atoms with Crippen LogP contribution < -0.4 is 10.6 Å². The molecule has 0 fully saturated rings. The first-order valence-electron chi connectivity index (χ1n) is 8.72. The Hall–Kier alpha value is -2.98. The summed E-state index contributed by atoms with van der Waals surface area (Å²) in [6.45, 7) is 5.81. The molecule has 0 spiro atoms. The van der Waals surface area contributed by atoms with Gasteiger partial charge in [0.1, 0.15) is 5.69 Å². The standard InChI is InChI=1S/C19H19N5O3S2/c1-11-8-9-14(10-12(11)2)20-18-22-23-19(29-18)28-13(3)17(25)21-15-6-4-5-7-16(15)24(26)27/h4-10,13H,1-3H3,(H,20,22)(H,21,25). The van der Waals surface area contributed by atoms with Gasteiger partial charge in [-0.2, -0.15) is 0 Å². The Morgan fingerprint density at radius 3 is 2.66 bits per heavy atom. The van der Waals surface area contributed by atoms with Crippen LogP contribution in [-0.2, 0) is 4.79 Å². The number of nitrogens with one attached hydrogen (secondary N) is 2. The fraction of sp³-hybridized carbons (Fsp3) is 0.211. The Morgan fingerprint density at radius 1 is 1.17 bits per heavy atom. The van der Waals surface area contributed by atoms with Gasteiger partial charge in [0, 0.05) is 11.8 Å². The summed E-state index contributed by atoms with van der Waals surface area (Å²) in [6.07, 6.45) is 0. The first-order valence-corrected chi connectivity index (χ1v) is 10.4. The van der Waals surface area contributed by atoms with Gasteiger partial charge in [0.15, 0.2) is 4.34 Å². The molecule has 1 aromatic heterocycles. The lowest BCUT2D eigenvalue weighted by atomic mass is 10.1. The van der Waals surface area contributed by atoms with Crippen molar-refractivity contribution in [2.75, 3.05) is 10.6 Å². The molecule has 3 rings (SSSR count). The smallest absolute Gasteiger partial charge is 0.292 e. The van der Waals surface area contributed by atoms with Crippen molar-refractivity contribution in [3.05, 3.63) is 63.7 Å². The van der Waals surface area contributed by atoms with Crippen LogP contribution in [0.1, 0.15) is 18.1 Å². The minimum absolute atomic E-state index is 0.145. The maximum absolute atomic E-state index is 12.4. The molecule has 2 aromatic carbocycles. The number of amides is 1. The molecule has 0 saturated heterocycles. The van der Waals surface area contributed by atoms with Crippen molar-refractivity contribution in [2.24, 2.45) is 0 Å². The lowest BCUT2D eigenvalue weighted by Crippen LogP contribution is -2.22. The van der Waals surface area contributed by atoms with Crippen LogP contribution in [-0.4, -0.2) is 26.3 Å². The Kier molecular flexibility index (Phi) is 6.45. The third-order valence-corrected chi connectivity index (χ3v) is 6.19. The van der Waals surface area contributed by atoms with Gasteiger partial charge in [0.05, 0.1) is 10.2 Å². The number of para-hydroxylation sites is 2. The molecule has 0 aliphatic heterocycles. The molecule has 0 aliphatic carbocycles. The van der Waals surface area contributed by atoms with E-state index >= 15 is 0 Å². The average Bonchev–Trinajstić information content (AvgIpc) is 3.11. The predicted molar refractivity (Wildman–Crippen MR) is 116 cm³/mol. The van der Waals surface area contributed by atoms with Crippen molar-refractivity contribution in [3.8, 4) is 0 Å². The van der Waals surface area contributed by atoms with Gasteiger partial charge in [-0.25, -0.2) is 0 Å². The number of hydrogen-bond acceptors (Lipinski definition) is 8. The number of nitro benzene ring substituents is 1. The van der Waals surface area contributed by atoms with E-state index in [0.29, 0.717) is 9.47 Å². The van der Waals surface area contributed by atoms with Gasteiger partial charge >= 0.3 is 0 Å². The van der Waals surface area contributed by atoms with E-state index in [0.717, 1.165) is 5.69 Å². The van der Waals surface area contributed by atoms with Gasteiger partial charge in [-0.05, 0) is 50.1 Å².